The molecule has 3 aromatic rings. The van der Waals surface area contributed by atoms with Crippen molar-refractivity contribution < 1.29 is 4.79 Å². The molecule has 5 nitrogen and oxygen atoms in total. The second-order valence-corrected chi connectivity index (χ2v) is 6.87. The number of nitrogens with zero attached hydrogens (tertiary/aromatic N) is 1. The summed E-state index contributed by atoms with van der Waals surface area (Å²) in [6.07, 6.45) is 2.13. The van der Waals surface area contributed by atoms with Crippen molar-refractivity contribution in [1.82, 2.24) is 15.5 Å². The van der Waals surface area contributed by atoms with Gasteiger partial charge in [0.1, 0.15) is 0 Å². The molecule has 1 amide bonds. The number of nitrogens with one attached hydrogen (secondary N) is 2. The molecule has 1 aliphatic heterocycles. The number of carbonyl (C=O) groups excluding carboxylic acids is 1. The summed E-state index contributed by atoms with van der Waals surface area (Å²) in [5, 5.41) is 14.0. The first kappa shape index (κ1) is 14.4. The lowest BCUT2D eigenvalue weighted by atomic mass is 9.91. The standard InChI is InChI=1S/C17H18N4OS/c18-17(22)13-9-11(14-2-1-7-23-14)8-12-15(20-21-16(12)13)10-3-5-19-6-4-10/h1-2,7-10,19H,3-6H2,(H2,18,22)(H,20,21). The summed E-state index contributed by atoms with van der Waals surface area (Å²) in [5.74, 6) is -0.00164. The minimum Gasteiger partial charge on any atom is -0.366 e. The number of hydrogen-bond donors (Lipinski definition) is 3. The van der Waals surface area contributed by atoms with Crippen molar-refractivity contribution in [2.24, 2.45) is 5.73 Å². The van der Waals surface area contributed by atoms with E-state index in [1.165, 1.54) is 0 Å². The van der Waals surface area contributed by atoms with Crippen LogP contribution in [0.3, 0.4) is 0 Å². The fourth-order valence-electron chi connectivity index (χ4n) is 3.33. The number of piperidine rings is 1. The van der Waals surface area contributed by atoms with E-state index in [0.717, 1.165) is 53.0 Å². The number of fused-ring (bicyclic) bond motifs is 1. The Hall–Kier alpha value is -2.18. The van der Waals surface area contributed by atoms with Gasteiger partial charge in [-0.2, -0.15) is 5.10 Å². The van der Waals surface area contributed by atoms with Crippen LogP contribution in [0.25, 0.3) is 21.3 Å². The summed E-state index contributed by atoms with van der Waals surface area (Å²) in [6, 6.07) is 8.06. The Morgan fingerprint density at radius 1 is 1.30 bits per heavy atom. The Bertz CT molecular complexity index is 847. The Morgan fingerprint density at radius 3 is 2.83 bits per heavy atom. The highest BCUT2D eigenvalue weighted by Crippen LogP contribution is 2.35. The van der Waals surface area contributed by atoms with E-state index < -0.39 is 5.91 Å². The van der Waals surface area contributed by atoms with Crippen LogP contribution in [0, 0.1) is 0 Å². The van der Waals surface area contributed by atoms with Crippen molar-refractivity contribution in [2.75, 3.05) is 13.1 Å². The van der Waals surface area contributed by atoms with E-state index in [2.05, 4.69) is 27.6 Å². The van der Waals surface area contributed by atoms with Gasteiger partial charge in [-0.15, -0.1) is 11.3 Å². The van der Waals surface area contributed by atoms with Gasteiger partial charge in [-0.3, -0.25) is 9.89 Å². The number of benzene rings is 1. The lowest BCUT2D eigenvalue weighted by molar-refractivity contribution is 0.100. The van der Waals surface area contributed by atoms with Crippen molar-refractivity contribution in [2.45, 2.75) is 18.8 Å². The van der Waals surface area contributed by atoms with Gasteiger partial charge >= 0.3 is 0 Å². The third-order valence-electron chi connectivity index (χ3n) is 4.50. The molecule has 3 heterocycles. The van der Waals surface area contributed by atoms with Crippen molar-refractivity contribution in [3.05, 3.63) is 40.9 Å². The van der Waals surface area contributed by atoms with Crippen LogP contribution in [0.5, 0.6) is 0 Å². The van der Waals surface area contributed by atoms with Gasteiger partial charge in [0.2, 0.25) is 0 Å². The normalized spacial score (nSPS) is 16.0. The van der Waals surface area contributed by atoms with Gasteiger partial charge in [-0.25, -0.2) is 0 Å². The van der Waals surface area contributed by atoms with E-state index in [9.17, 15) is 4.79 Å². The first-order chi connectivity index (χ1) is 11.2. The highest BCUT2D eigenvalue weighted by atomic mass is 32.1. The molecule has 0 unspecified atom stereocenters. The maximum atomic E-state index is 11.9. The molecular formula is C17H18N4OS. The lowest BCUT2D eigenvalue weighted by Gasteiger charge is -2.21. The van der Waals surface area contributed by atoms with Crippen molar-refractivity contribution in [1.29, 1.82) is 0 Å². The Morgan fingerprint density at radius 2 is 2.13 bits per heavy atom. The average molecular weight is 326 g/mol. The zero-order valence-corrected chi connectivity index (χ0v) is 13.5. The first-order valence-electron chi connectivity index (χ1n) is 7.80. The van der Waals surface area contributed by atoms with Crippen LogP contribution in [-0.2, 0) is 0 Å². The maximum Gasteiger partial charge on any atom is 0.250 e. The number of carbonyl (C=O) groups is 1. The quantitative estimate of drug-likeness (QED) is 0.692. The molecule has 4 rings (SSSR count). The van der Waals surface area contributed by atoms with E-state index in [-0.39, 0.29) is 0 Å². The predicted octanol–water partition coefficient (Wildman–Crippen LogP) is 2.86. The van der Waals surface area contributed by atoms with E-state index in [1.54, 1.807) is 11.3 Å². The van der Waals surface area contributed by atoms with Crippen LogP contribution in [0.1, 0.15) is 34.8 Å². The second kappa shape index (κ2) is 5.79. The highest BCUT2D eigenvalue weighted by Gasteiger charge is 2.23. The van der Waals surface area contributed by atoms with Crippen LogP contribution in [0.15, 0.2) is 29.6 Å². The zero-order valence-electron chi connectivity index (χ0n) is 12.6. The molecule has 1 saturated heterocycles. The number of hydrogen-bond acceptors (Lipinski definition) is 4. The third-order valence-corrected chi connectivity index (χ3v) is 5.42. The average Bonchev–Trinajstić information content (AvgIpc) is 3.24. The van der Waals surface area contributed by atoms with Gasteiger partial charge in [0.05, 0.1) is 16.8 Å². The van der Waals surface area contributed by atoms with Crippen LogP contribution < -0.4 is 11.1 Å². The number of rotatable bonds is 3. The topological polar surface area (TPSA) is 83.8 Å². The molecular weight excluding hydrogens is 308 g/mol. The predicted molar refractivity (Wildman–Crippen MR) is 92.8 cm³/mol. The molecule has 6 heteroatoms. The summed E-state index contributed by atoms with van der Waals surface area (Å²) in [7, 11) is 0. The van der Waals surface area contributed by atoms with Crippen molar-refractivity contribution in [3.63, 3.8) is 0 Å². The number of H-pyrrole nitrogens is 1. The molecule has 0 saturated carbocycles. The zero-order chi connectivity index (χ0) is 15.8. The van der Waals surface area contributed by atoms with Crippen molar-refractivity contribution in [3.8, 4) is 10.4 Å². The first-order valence-corrected chi connectivity index (χ1v) is 8.68. The smallest absolute Gasteiger partial charge is 0.250 e. The number of nitrogens with two attached hydrogens (primary N) is 1. The van der Waals surface area contributed by atoms with Crippen molar-refractivity contribution >= 4 is 28.1 Å². The molecule has 2 aromatic heterocycles. The van der Waals surface area contributed by atoms with E-state index in [4.69, 9.17) is 5.73 Å². The molecule has 1 aromatic carbocycles. The van der Waals surface area contributed by atoms with Gasteiger partial charge in [-0.05, 0) is 55.1 Å². The molecule has 0 bridgehead atoms. The number of aromatic amines is 1. The van der Waals surface area contributed by atoms with Crippen LogP contribution in [-0.4, -0.2) is 29.2 Å². The number of thiophene rings is 1. The van der Waals surface area contributed by atoms with E-state index in [0.29, 0.717) is 11.5 Å². The van der Waals surface area contributed by atoms with Crippen LogP contribution >= 0.6 is 11.3 Å². The molecule has 1 fully saturated rings. The summed E-state index contributed by atoms with van der Waals surface area (Å²) in [5.41, 5.74) is 8.95. The molecule has 4 N–H and O–H groups in total. The Labute approximate surface area is 137 Å². The van der Waals surface area contributed by atoms with Gasteiger partial charge < -0.3 is 11.1 Å². The van der Waals surface area contributed by atoms with Gasteiger partial charge in [0.25, 0.3) is 5.91 Å². The Balaban J connectivity index is 1.91. The summed E-state index contributed by atoms with van der Waals surface area (Å²) >= 11 is 1.66. The van der Waals surface area contributed by atoms with E-state index >= 15 is 0 Å². The number of primary amides is 1. The largest absolute Gasteiger partial charge is 0.366 e. The molecule has 23 heavy (non-hydrogen) atoms. The molecule has 1 aliphatic rings. The summed E-state index contributed by atoms with van der Waals surface area (Å²) < 4.78 is 0. The molecule has 118 valence electrons. The molecule has 0 spiro atoms. The maximum absolute atomic E-state index is 11.9. The highest BCUT2D eigenvalue weighted by molar-refractivity contribution is 7.13. The van der Waals surface area contributed by atoms with Gasteiger partial charge in [0.15, 0.2) is 0 Å². The fourth-order valence-corrected chi connectivity index (χ4v) is 4.04. The fraction of sp³-hybridized carbons (Fsp3) is 0.294. The second-order valence-electron chi connectivity index (χ2n) is 5.92. The monoisotopic (exact) mass is 326 g/mol. The van der Waals surface area contributed by atoms with Gasteiger partial charge in [-0.1, -0.05) is 6.07 Å². The summed E-state index contributed by atoms with van der Waals surface area (Å²) in [4.78, 5) is 13.0. The SMILES string of the molecule is NC(=O)c1cc(-c2cccs2)cc2c(C3CCNCC3)n[nH]c12. The molecule has 0 aliphatic carbocycles. The Kier molecular flexibility index (Phi) is 3.63. The van der Waals surface area contributed by atoms with Crippen LogP contribution in [0.2, 0.25) is 0 Å². The minimum absolute atomic E-state index is 0.421. The lowest BCUT2D eigenvalue weighted by Crippen LogP contribution is -2.26. The third kappa shape index (κ3) is 2.54. The van der Waals surface area contributed by atoms with Crippen LogP contribution in [0.4, 0.5) is 0 Å². The number of aromatic nitrogens is 2. The van der Waals surface area contributed by atoms with E-state index in [1.807, 2.05) is 17.5 Å². The number of amides is 1. The molecule has 0 atom stereocenters. The molecule has 0 radical (unpaired) electrons. The van der Waals surface area contributed by atoms with Gasteiger partial charge in [0, 0.05) is 16.2 Å². The summed E-state index contributed by atoms with van der Waals surface area (Å²) in [6.45, 7) is 2.01. The minimum atomic E-state index is -0.422.